The summed E-state index contributed by atoms with van der Waals surface area (Å²) in [5.74, 6) is 0.319. The van der Waals surface area contributed by atoms with Gasteiger partial charge in [-0.05, 0) is 67.0 Å². The van der Waals surface area contributed by atoms with Gasteiger partial charge in [-0.2, -0.15) is 0 Å². The minimum absolute atomic E-state index is 0.319. The van der Waals surface area contributed by atoms with Crippen molar-refractivity contribution in [2.75, 3.05) is 0 Å². The third-order valence-electron chi connectivity index (χ3n) is 5.94. The molecule has 0 saturated heterocycles. The predicted molar refractivity (Wildman–Crippen MR) is 124 cm³/mol. The summed E-state index contributed by atoms with van der Waals surface area (Å²) in [5.41, 5.74) is 2.34. The number of rotatable bonds is 1. The van der Waals surface area contributed by atoms with E-state index in [1.165, 1.54) is 32.5 Å². The van der Waals surface area contributed by atoms with E-state index in [0.717, 1.165) is 21.7 Å². The smallest absolute Gasteiger partial charge is 0.123 e. The molecule has 29 heavy (non-hydrogen) atoms. The Morgan fingerprint density at radius 2 is 0.862 bits per heavy atom. The lowest BCUT2D eigenvalue weighted by Gasteiger charge is -2.15. The van der Waals surface area contributed by atoms with Crippen LogP contribution in [0.5, 0.6) is 5.75 Å². The van der Waals surface area contributed by atoms with Crippen molar-refractivity contribution in [3.05, 3.63) is 103 Å². The lowest BCUT2D eigenvalue weighted by molar-refractivity contribution is 0.481. The molecule has 0 heterocycles. The minimum Gasteiger partial charge on any atom is -0.507 e. The van der Waals surface area contributed by atoms with Gasteiger partial charge in [0.15, 0.2) is 0 Å². The number of fused-ring (bicyclic) bond motifs is 6. The Kier molecular flexibility index (Phi) is 3.39. The van der Waals surface area contributed by atoms with Gasteiger partial charge in [-0.3, -0.25) is 0 Å². The largest absolute Gasteiger partial charge is 0.507 e. The molecule has 0 bridgehead atoms. The van der Waals surface area contributed by atoms with Crippen molar-refractivity contribution < 1.29 is 5.11 Å². The molecule has 0 aromatic heterocycles. The molecule has 0 aliphatic carbocycles. The van der Waals surface area contributed by atoms with E-state index in [1.807, 2.05) is 6.07 Å². The van der Waals surface area contributed by atoms with Crippen molar-refractivity contribution in [2.24, 2.45) is 0 Å². The van der Waals surface area contributed by atoms with E-state index in [0.29, 0.717) is 5.75 Å². The highest BCUT2D eigenvalue weighted by molar-refractivity contribution is 6.20. The Hall–Kier alpha value is -3.84. The Balaban J connectivity index is 1.85. The maximum absolute atomic E-state index is 10.6. The fraction of sp³-hybridized carbons (Fsp3) is 0. The van der Waals surface area contributed by atoms with E-state index >= 15 is 0 Å². The van der Waals surface area contributed by atoms with Gasteiger partial charge in [-0.1, -0.05) is 84.9 Å². The number of hydrogen-bond acceptors (Lipinski definition) is 1. The summed E-state index contributed by atoms with van der Waals surface area (Å²) in [6.07, 6.45) is 0. The molecule has 136 valence electrons. The zero-order valence-electron chi connectivity index (χ0n) is 15.8. The van der Waals surface area contributed by atoms with Crippen molar-refractivity contribution in [3.8, 4) is 16.9 Å². The van der Waals surface area contributed by atoms with Gasteiger partial charge in [0, 0.05) is 5.39 Å². The maximum atomic E-state index is 10.6. The van der Waals surface area contributed by atoms with E-state index < -0.39 is 0 Å². The summed E-state index contributed by atoms with van der Waals surface area (Å²) in [6, 6.07) is 35.8. The summed E-state index contributed by atoms with van der Waals surface area (Å²) in [4.78, 5) is 0. The zero-order valence-corrected chi connectivity index (χ0v) is 15.8. The van der Waals surface area contributed by atoms with E-state index in [1.54, 1.807) is 6.07 Å². The van der Waals surface area contributed by atoms with Crippen molar-refractivity contribution in [3.63, 3.8) is 0 Å². The van der Waals surface area contributed by atoms with Gasteiger partial charge in [0.1, 0.15) is 5.75 Å². The van der Waals surface area contributed by atoms with Gasteiger partial charge in [-0.15, -0.1) is 0 Å². The van der Waals surface area contributed by atoms with Crippen molar-refractivity contribution in [1.82, 2.24) is 0 Å². The molecule has 0 fully saturated rings. The first-order chi connectivity index (χ1) is 14.3. The average Bonchev–Trinajstić information content (AvgIpc) is 2.78. The van der Waals surface area contributed by atoms with Crippen LogP contribution in [0.2, 0.25) is 0 Å². The monoisotopic (exact) mass is 370 g/mol. The van der Waals surface area contributed by atoms with Crippen LogP contribution in [0.15, 0.2) is 103 Å². The van der Waals surface area contributed by atoms with Crippen molar-refractivity contribution in [1.29, 1.82) is 0 Å². The van der Waals surface area contributed by atoms with Crippen LogP contribution in [-0.2, 0) is 0 Å². The van der Waals surface area contributed by atoms with E-state index in [4.69, 9.17) is 0 Å². The SMILES string of the molecule is Oc1cccc2c1cc(-c1cc3ccccc3c3ccccc13)c1ccccc12. The molecule has 6 aromatic rings. The highest BCUT2D eigenvalue weighted by Crippen LogP contribution is 2.42. The maximum Gasteiger partial charge on any atom is 0.123 e. The van der Waals surface area contributed by atoms with E-state index in [9.17, 15) is 5.11 Å². The Bertz CT molecular complexity index is 1560. The number of aromatic hydroxyl groups is 1. The highest BCUT2D eigenvalue weighted by Gasteiger charge is 2.14. The van der Waals surface area contributed by atoms with Gasteiger partial charge in [0.05, 0.1) is 0 Å². The topological polar surface area (TPSA) is 20.2 Å². The lowest BCUT2D eigenvalue weighted by Crippen LogP contribution is -1.88. The Labute approximate surface area is 168 Å². The van der Waals surface area contributed by atoms with Crippen molar-refractivity contribution >= 4 is 43.1 Å². The molecule has 0 atom stereocenters. The number of hydrogen-bond donors (Lipinski definition) is 1. The van der Waals surface area contributed by atoms with Crippen LogP contribution < -0.4 is 0 Å². The third kappa shape index (κ3) is 2.34. The van der Waals surface area contributed by atoms with Gasteiger partial charge in [0.2, 0.25) is 0 Å². The standard InChI is InChI=1S/C28H18O/c29-28-15-7-14-24-21-11-4-6-13-23(21)26(17-27(24)28)25-16-18-8-1-2-9-19(18)20-10-3-5-12-22(20)25/h1-17,29H. The fourth-order valence-corrected chi connectivity index (χ4v) is 4.61. The molecule has 0 spiro atoms. The van der Waals surface area contributed by atoms with Crippen LogP contribution in [0.4, 0.5) is 0 Å². The predicted octanol–water partition coefficient (Wildman–Crippen LogP) is 7.67. The van der Waals surface area contributed by atoms with Crippen molar-refractivity contribution in [2.45, 2.75) is 0 Å². The second-order valence-corrected chi connectivity index (χ2v) is 7.53. The molecule has 0 aliphatic heterocycles. The Morgan fingerprint density at radius 1 is 0.379 bits per heavy atom. The second-order valence-electron chi connectivity index (χ2n) is 7.53. The molecule has 1 heteroatoms. The first-order valence-corrected chi connectivity index (χ1v) is 9.85. The quantitative estimate of drug-likeness (QED) is 0.294. The number of phenolic OH excluding ortho intramolecular Hbond substituents is 1. The highest BCUT2D eigenvalue weighted by atomic mass is 16.3. The van der Waals surface area contributed by atoms with Gasteiger partial charge in [0.25, 0.3) is 0 Å². The average molecular weight is 370 g/mol. The number of benzene rings is 6. The molecule has 1 nitrogen and oxygen atoms in total. The molecule has 0 amide bonds. The lowest BCUT2D eigenvalue weighted by atomic mass is 9.88. The molecular formula is C28H18O. The molecule has 1 N–H and O–H groups in total. The molecule has 0 aliphatic rings. The molecule has 6 rings (SSSR count). The van der Waals surface area contributed by atoms with Crippen LogP contribution in [0.3, 0.4) is 0 Å². The van der Waals surface area contributed by atoms with Crippen LogP contribution in [0.25, 0.3) is 54.2 Å². The Morgan fingerprint density at radius 3 is 1.59 bits per heavy atom. The van der Waals surface area contributed by atoms with Gasteiger partial charge < -0.3 is 5.11 Å². The van der Waals surface area contributed by atoms with Crippen LogP contribution in [0.1, 0.15) is 0 Å². The first kappa shape index (κ1) is 16.1. The summed E-state index contributed by atoms with van der Waals surface area (Å²) in [5, 5.41) is 19.9. The number of phenols is 1. The minimum atomic E-state index is 0.319. The second kappa shape index (κ2) is 6.08. The van der Waals surface area contributed by atoms with Gasteiger partial charge in [-0.25, -0.2) is 0 Å². The molecule has 0 unspecified atom stereocenters. The molecule has 6 aromatic carbocycles. The van der Waals surface area contributed by atoms with Crippen LogP contribution in [-0.4, -0.2) is 5.11 Å². The molecule has 0 saturated carbocycles. The summed E-state index contributed by atoms with van der Waals surface area (Å²) in [7, 11) is 0. The third-order valence-corrected chi connectivity index (χ3v) is 5.94. The normalized spacial score (nSPS) is 11.6. The van der Waals surface area contributed by atoms with Crippen LogP contribution >= 0.6 is 0 Å². The van der Waals surface area contributed by atoms with Crippen LogP contribution in [0, 0.1) is 0 Å². The fourth-order valence-electron chi connectivity index (χ4n) is 4.61. The van der Waals surface area contributed by atoms with E-state index in [2.05, 4.69) is 91.0 Å². The summed E-state index contributed by atoms with van der Waals surface area (Å²) in [6.45, 7) is 0. The molecule has 0 radical (unpaired) electrons. The first-order valence-electron chi connectivity index (χ1n) is 9.85. The molecular weight excluding hydrogens is 352 g/mol. The zero-order chi connectivity index (χ0) is 19.4. The van der Waals surface area contributed by atoms with Gasteiger partial charge >= 0.3 is 0 Å². The van der Waals surface area contributed by atoms with E-state index in [-0.39, 0.29) is 0 Å². The summed E-state index contributed by atoms with van der Waals surface area (Å²) < 4.78 is 0. The summed E-state index contributed by atoms with van der Waals surface area (Å²) >= 11 is 0.